The van der Waals surface area contributed by atoms with Crippen molar-refractivity contribution in [2.45, 2.75) is 13.0 Å². The molecule has 0 aliphatic heterocycles. The number of amides is 2. The molecule has 0 saturated heterocycles. The van der Waals surface area contributed by atoms with Crippen molar-refractivity contribution in [2.24, 2.45) is 0 Å². The lowest BCUT2D eigenvalue weighted by atomic mass is 10.1. The van der Waals surface area contributed by atoms with E-state index in [1.165, 1.54) is 25.3 Å². The number of halogens is 2. The topological polar surface area (TPSA) is 67.4 Å². The van der Waals surface area contributed by atoms with Crippen LogP contribution in [0.3, 0.4) is 0 Å². The summed E-state index contributed by atoms with van der Waals surface area (Å²) in [6, 6.07) is 8.53. The molecule has 24 heavy (non-hydrogen) atoms. The predicted molar refractivity (Wildman–Crippen MR) is 84.7 cm³/mol. The number of esters is 1. The van der Waals surface area contributed by atoms with Crippen molar-refractivity contribution in [3.05, 3.63) is 65.2 Å². The maximum absolute atomic E-state index is 13.2. The molecule has 2 aromatic rings. The number of carbonyl (C=O) groups excluding carboxylic acids is 2. The Morgan fingerprint density at radius 2 is 1.71 bits per heavy atom. The van der Waals surface area contributed by atoms with Crippen LogP contribution < -0.4 is 10.6 Å². The molecule has 0 aromatic heterocycles. The van der Waals surface area contributed by atoms with Gasteiger partial charge in [0.05, 0.1) is 18.7 Å². The molecule has 2 aromatic carbocycles. The van der Waals surface area contributed by atoms with E-state index in [0.29, 0.717) is 16.8 Å². The highest BCUT2D eigenvalue weighted by Gasteiger charge is 2.12. The van der Waals surface area contributed by atoms with Crippen LogP contribution in [0.2, 0.25) is 0 Å². The van der Waals surface area contributed by atoms with Gasteiger partial charge in [0.15, 0.2) is 11.6 Å². The van der Waals surface area contributed by atoms with E-state index in [1.807, 2.05) is 0 Å². The van der Waals surface area contributed by atoms with E-state index < -0.39 is 29.7 Å². The van der Waals surface area contributed by atoms with E-state index in [9.17, 15) is 18.4 Å². The lowest BCUT2D eigenvalue weighted by Gasteiger charge is -2.15. The van der Waals surface area contributed by atoms with Gasteiger partial charge in [0.2, 0.25) is 0 Å². The van der Waals surface area contributed by atoms with Crippen LogP contribution in [0, 0.1) is 11.6 Å². The molecular formula is C17H16F2N2O3. The van der Waals surface area contributed by atoms with Gasteiger partial charge in [-0.05, 0) is 48.9 Å². The van der Waals surface area contributed by atoms with Crippen molar-refractivity contribution in [1.29, 1.82) is 0 Å². The van der Waals surface area contributed by atoms with Crippen LogP contribution in [0.4, 0.5) is 19.3 Å². The van der Waals surface area contributed by atoms with Gasteiger partial charge in [0.25, 0.3) is 0 Å². The van der Waals surface area contributed by atoms with Crippen LogP contribution in [0.1, 0.15) is 28.9 Å². The monoisotopic (exact) mass is 334 g/mol. The molecule has 1 unspecified atom stereocenters. The number of hydrogen-bond acceptors (Lipinski definition) is 3. The predicted octanol–water partition coefficient (Wildman–Crippen LogP) is 3.63. The van der Waals surface area contributed by atoms with E-state index in [2.05, 4.69) is 15.4 Å². The zero-order valence-corrected chi connectivity index (χ0v) is 13.1. The number of carbonyl (C=O) groups is 2. The Morgan fingerprint density at radius 1 is 1.04 bits per heavy atom. The summed E-state index contributed by atoms with van der Waals surface area (Å²) < 4.78 is 30.7. The number of urea groups is 1. The van der Waals surface area contributed by atoms with Gasteiger partial charge >= 0.3 is 12.0 Å². The molecule has 1 atom stereocenters. The molecule has 7 heteroatoms. The third kappa shape index (κ3) is 4.28. The summed E-state index contributed by atoms with van der Waals surface area (Å²) in [7, 11) is 1.28. The van der Waals surface area contributed by atoms with Gasteiger partial charge in [-0.2, -0.15) is 0 Å². The van der Waals surface area contributed by atoms with Gasteiger partial charge in [-0.15, -0.1) is 0 Å². The Hall–Kier alpha value is -2.96. The van der Waals surface area contributed by atoms with Crippen LogP contribution in [-0.2, 0) is 4.74 Å². The highest BCUT2D eigenvalue weighted by Crippen LogP contribution is 2.16. The molecule has 0 fully saturated rings. The van der Waals surface area contributed by atoms with Crippen LogP contribution >= 0.6 is 0 Å². The van der Waals surface area contributed by atoms with E-state index in [1.54, 1.807) is 19.1 Å². The molecule has 0 bridgehead atoms. The van der Waals surface area contributed by atoms with Crippen LogP contribution in [-0.4, -0.2) is 19.1 Å². The smallest absolute Gasteiger partial charge is 0.337 e. The summed E-state index contributed by atoms with van der Waals surface area (Å²) in [6.07, 6.45) is 0. The Kier molecular flexibility index (Phi) is 5.47. The van der Waals surface area contributed by atoms with Gasteiger partial charge in [0, 0.05) is 5.69 Å². The number of methoxy groups -OCH3 is 1. The second-order valence-electron chi connectivity index (χ2n) is 5.06. The molecule has 0 aliphatic rings. The van der Waals surface area contributed by atoms with Crippen molar-refractivity contribution in [3.63, 3.8) is 0 Å². The van der Waals surface area contributed by atoms with E-state index in [4.69, 9.17) is 0 Å². The molecule has 2 rings (SSSR count). The number of rotatable bonds is 4. The van der Waals surface area contributed by atoms with Crippen molar-refractivity contribution >= 4 is 17.7 Å². The second kappa shape index (κ2) is 7.54. The quantitative estimate of drug-likeness (QED) is 0.839. The van der Waals surface area contributed by atoms with E-state index in [0.717, 1.165) is 12.1 Å². The molecular weight excluding hydrogens is 318 g/mol. The molecule has 5 nitrogen and oxygen atoms in total. The molecule has 2 amide bonds. The standard InChI is InChI=1S/C17H16F2N2O3/c1-10(12-5-8-14(18)15(19)9-12)20-17(23)21-13-6-3-11(4-7-13)16(22)24-2/h3-10H,1-2H3,(H2,20,21,23). The fourth-order valence-electron chi connectivity index (χ4n) is 2.04. The summed E-state index contributed by atoms with van der Waals surface area (Å²) in [5.41, 5.74) is 1.27. The van der Waals surface area contributed by atoms with Gasteiger partial charge < -0.3 is 15.4 Å². The molecule has 0 radical (unpaired) electrons. The summed E-state index contributed by atoms with van der Waals surface area (Å²) in [5, 5.41) is 5.19. The zero-order chi connectivity index (χ0) is 17.7. The summed E-state index contributed by atoms with van der Waals surface area (Å²) >= 11 is 0. The highest BCUT2D eigenvalue weighted by molar-refractivity contribution is 5.92. The number of hydrogen-bond donors (Lipinski definition) is 2. The first-order chi connectivity index (χ1) is 11.4. The maximum Gasteiger partial charge on any atom is 0.337 e. The maximum atomic E-state index is 13.2. The molecule has 0 spiro atoms. The first kappa shape index (κ1) is 17.4. The Bertz CT molecular complexity index is 748. The summed E-state index contributed by atoms with van der Waals surface area (Å²) in [5.74, 6) is -2.39. The first-order valence-corrected chi connectivity index (χ1v) is 7.11. The highest BCUT2D eigenvalue weighted by atomic mass is 19.2. The second-order valence-corrected chi connectivity index (χ2v) is 5.06. The van der Waals surface area contributed by atoms with E-state index in [-0.39, 0.29) is 0 Å². The normalized spacial score (nSPS) is 11.5. The summed E-state index contributed by atoms with van der Waals surface area (Å²) in [6.45, 7) is 1.65. The molecule has 0 saturated carbocycles. The van der Waals surface area contributed by atoms with Gasteiger partial charge in [-0.1, -0.05) is 6.07 Å². The minimum atomic E-state index is -0.972. The molecule has 0 heterocycles. The Balaban J connectivity index is 1.97. The lowest BCUT2D eigenvalue weighted by molar-refractivity contribution is 0.0600. The Morgan fingerprint density at radius 3 is 2.29 bits per heavy atom. The van der Waals surface area contributed by atoms with Gasteiger partial charge in [0.1, 0.15) is 0 Å². The summed E-state index contributed by atoms with van der Waals surface area (Å²) in [4.78, 5) is 23.3. The minimum absolute atomic E-state index is 0.360. The van der Waals surface area contributed by atoms with Crippen molar-refractivity contribution < 1.29 is 23.1 Å². The number of ether oxygens (including phenoxy) is 1. The fourth-order valence-corrected chi connectivity index (χ4v) is 2.04. The zero-order valence-electron chi connectivity index (χ0n) is 13.1. The third-order valence-electron chi connectivity index (χ3n) is 3.36. The third-order valence-corrected chi connectivity index (χ3v) is 3.36. The number of anilines is 1. The SMILES string of the molecule is COC(=O)c1ccc(NC(=O)NC(C)c2ccc(F)c(F)c2)cc1. The van der Waals surface area contributed by atoms with Crippen molar-refractivity contribution in [3.8, 4) is 0 Å². The van der Waals surface area contributed by atoms with Gasteiger partial charge in [-0.25, -0.2) is 18.4 Å². The van der Waals surface area contributed by atoms with Crippen LogP contribution in [0.15, 0.2) is 42.5 Å². The van der Waals surface area contributed by atoms with E-state index >= 15 is 0 Å². The average molecular weight is 334 g/mol. The molecule has 2 N–H and O–H groups in total. The lowest BCUT2D eigenvalue weighted by Crippen LogP contribution is -2.31. The number of nitrogens with one attached hydrogen (secondary N) is 2. The molecule has 0 aliphatic carbocycles. The van der Waals surface area contributed by atoms with Crippen molar-refractivity contribution in [1.82, 2.24) is 5.32 Å². The minimum Gasteiger partial charge on any atom is -0.465 e. The average Bonchev–Trinajstić information content (AvgIpc) is 2.57. The fraction of sp³-hybridized carbons (Fsp3) is 0.176. The molecule has 126 valence electrons. The van der Waals surface area contributed by atoms with Crippen molar-refractivity contribution in [2.75, 3.05) is 12.4 Å². The Labute approximate surface area is 137 Å². The van der Waals surface area contributed by atoms with Crippen LogP contribution in [0.5, 0.6) is 0 Å². The first-order valence-electron chi connectivity index (χ1n) is 7.11. The largest absolute Gasteiger partial charge is 0.465 e. The van der Waals surface area contributed by atoms with Gasteiger partial charge in [-0.3, -0.25) is 0 Å². The van der Waals surface area contributed by atoms with Crippen LogP contribution in [0.25, 0.3) is 0 Å². The number of benzene rings is 2.